The highest BCUT2D eigenvalue weighted by molar-refractivity contribution is 14.2. The molecule has 0 aliphatic heterocycles. The molecule has 4 nitrogen and oxygen atoms in total. The van der Waals surface area contributed by atoms with Crippen LogP contribution < -0.4 is 5.32 Å². The van der Waals surface area contributed by atoms with E-state index < -0.39 is 0 Å². The van der Waals surface area contributed by atoms with Gasteiger partial charge >= 0.3 is 0 Å². The van der Waals surface area contributed by atoms with Crippen LogP contribution in [0.2, 0.25) is 5.15 Å². The molecule has 0 bridgehead atoms. The van der Waals surface area contributed by atoms with Crippen LogP contribution in [0.4, 0.5) is 11.4 Å². The molecule has 33 heavy (non-hydrogen) atoms. The third-order valence-corrected chi connectivity index (χ3v) is 8.95. The largest absolute Gasteiger partial charge is 0.353 e. The Hall–Kier alpha value is -0.560. The Balaban J connectivity index is 0.00000187. The van der Waals surface area contributed by atoms with Crippen molar-refractivity contribution in [1.29, 1.82) is 0 Å². The molecule has 182 valence electrons. The van der Waals surface area contributed by atoms with Gasteiger partial charge in [0.25, 0.3) is 0 Å². The zero-order valence-corrected chi connectivity index (χ0v) is 25.5. The lowest BCUT2D eigenvalue weighted by Crippen LogP contribution is -2.05. The summed E-state index contributed by atoms with van der Waals surface area (Å²) >= 11 is 10.5. The Kier molecular flexibility index (Phi) is 12.3. The first kappa shape index (κ1) is 28.7. The predicted octanol–water partition coefficient (Wildman–Crippen LogP) is 10.00. The number of anilines is 2. The average molecular weight is 619 g/mol. The van der Waals surface area contributed by atoms with Gasteiger partial charge in [-0.15, -0.1) is 11.8 Å². The van der Waals surface area contributed by atoms with Gasteiger partial charge in [-0.1, -0.05) is 65.1 Å². The second-order valence-electron chi connectivity index (χ2n) is 8.06. The highest BCUT2D eigenvalue weighted by Gasteiger charge is 2.18. The van der Waals surface area contributed by atoms with Gasteiger partial charge in [0.05, 0.1) is 17.7 Å². The van der Waals surface area contributed by atoms with E-state index in [9.17, 15) is 0 Å². The van der Waals surface area contributed by atoms with Crippen molar-refractivity contribution in [2.75, 3.05) is 11.6 Å². The van der Waals surface area contributed by atoms with Crippen LogP contribution in [0.15, 0.2) is 29.2 Å². The van der Waals surface area contributed by atoms with Crippen LogP contribution in [-0.2, 0) is 0 Å². The van der Waals surface area contributed by atoms with E-state index in [1.807, 2.05) is 26.8 Å². The van der Waals surface area contributed by atoms with Crippen molar-refractivity contribution in [2.24, 2.45) is 5.92 Å². The number of benzene rings is 1. The van der Waals surface area contributed by atoms with Gasteiger partial charge in [0, 0.05) is 11.0 Å². The molecule has 3 rings (SSSR count). The summed E-state index contributed by atoms with van der Waals surface area (Å²) in [6, 6.07) is 8.74. The second-order valence-corrected chi connectivity index (χ2v) is 11.4. The quantitative estimate of drug-likeness (QED) is 0.106. The van der Waals surface area contributed by atoms with Crippen LogP contribution in [0.3, 0.4) is 0 Å². The number of hydrogen-bond donors (Lipinski definition) is 1. The summed E-state index contributed by atoms with van der Waals surface area (Å²) in [6.07, 6.45) is 7.60. The number of thioether (sulfide) groups is 1. The van der Waals surface area contributed by atoms with Crippen LogP contribution in [0.5, 0.6) is 0 Å². The van der Waals surface area contributed by atoms with E-state index >= 15 is 0 Å². The lowest BCUT2D eigenvalue weighted by molar-refractivity contribution is 0.435. The summed E-state index contributed by atoms with van der Waals surface area (Å²) < 4.78 is 2.11. The van der Waals surface area contributed by atoms with Gasteiger partial charge in [0.1, 0.15) is 16.5 Å². The van der Waals surface area contributed by atoms with E-state index in [1.54, 1.807) is 11.8 Å². The number of pyridine rings is 1. The van der Waals surface area contributed by atoms with Gasteiger partial charge in [-0.25, -0.2) is 9.97 Å². The van der Waals surface area contributed by atoms with E-state index in [0.29, 0.717) is 17.4 Å². The van der Waals surface area contributed by atoms with Crippen molar-refractivity contribution >= 4 is 74.3 Å². The lowest BCUT2D eigenvalue weighted by atomic mass is 9.85. The van der Waals surface area contributed by atoms with Gasteiger partial charge in [-0.3, -0.25) is 4.34 Å². The van der Waals surface area contributed by atoms with Crippen molar-refractivity contribution in [3.8, 4) is 0 Å². The number of imidazole rings is 1. The van der Waals surface area contributed by atoms with Gasteiger partial charge in [0.2, 0.25) is 0 Å². The second kappa shape index (κ2) is 14.1. The molecule has 0 radical (unpaired) electrons. The van der Waals surface area contributed by atoms with Crippen molar-refractivity contribution in [3.63, 3.8) is 0 Å². The Bertz CT molecular complexity index is 1040. The summed E-state index contributed by atoms with van der Waals surface area (Å²) in [7, 11) is 0. The number of nitrogens with zero attached hydrogens (tertiary/aromatic N) is 3. The summed E-state index contributed by atoms with van der Waals surface area (Å²) in [5.74, 6) is 2.31. The van der Waals surface area contributed by atoms with E-state index in [0.717, 1.165) is 34.3 Å². The maximum Gasteiger partial charge on any atom is 0.167 e. The minimum Gasteiger partial charge on any atom is -0.353 e. The molecule has 0 aliphatic carbocycles. The van der Waals surface area contributed by atoms with Gasteiger partial charge < -0.3 is 5.32 Å². The highest BCUT2D eigenvalue weighted by atomic mass is 127. The van der Waals surface area contributed by atoms with Crippen molar-refractivity contribution < 1.29 is 0 Å². The van der Waals surface area contributed by atoms with Crippen LogP contribution in [0, 0.1) is 12.8 Å². The van der Waals surface area contributed by atoms with E-state index in [1.165, 1.54) is 36.1 Å². The fourth-order valence-electron chi connectivity index (χ4n) is 3.95. The van der Waals surface area contributed by atoms with Gasteiger partial charge in [-0.2, -0.15) is 0 Å². The topological polar surface area (TPSA) is 42.7 Å². The molecule has 1 N–H and O–H groups in total. The number of aryl methyl sites for hydroxylation is 1. The zero-order chi connectivity index (χ0) is 24.5. The molecule has 1 aromatic carbocycles. The number of fused-ring (bicyclic) bond motifs is 1. The minimum atomic E-state index is 0.477. The standard InChI is InChI=1S/C23H31ClIN4PS.C2H6/c1-6-8-16(11-14(3)7-2)17-9-10-18(20(12-17)31-5)27-19-13-21(24)28-23-22(19)26-15(4)29(23)30-25;1-2/h9-10,12-14,16,30H,6-8,11H2,1-5H3,(H,27,28);1-2H3. The normalized spacial score (nSPS) is 13.2. The van der Waals surface area contributed by atoms with Crippen molar-refractivity contribution in [1.82, 2.24) is 14.3 Å². The molecule has 0 saturated heterocycles. The number of nitrogens with one attached hydrogen (secondary N) is 1. The Morgan fingerprint density at radius 1 is 1.18 bits per heavy atom. The predicted molar refractivity (Wildman–Crippen MR) is 160 cm³/mol. The molecular formula is C25H37ClIN4PS. The molecule has 2 aromatic heterocycles. The average Bonchev–Trinajstić information content (AvgIpc) is 3.15. The first-order chi connectivity index (χ1) is 15.9. The Morgan fingerprint density at radius 3 is 2.52 bits per heavy atom. The smallest absolute Gasteiger partial charge is 0.167 e. The highest BCUT2D eigenvalue weighted by Crippen LogP contribution is 2.38. The van der Waals surface area contributed by atoms with Crippen LogP contribution in [0.25, 0.3) is 11.2 Å². The van der Waals surface area contributed by atoms with Crippen LogP contribution in [-0.4, -0.2) is 20.6 Å². The van der Waals surface area contributed by atoms with Crippen molar-refractivity contribution in [3.05, 3.63) is 40.8 Å². The van der Waals surface area contributed by atoms with Crippen LogP contribution >= 0.6 is 51.8 Å². The fraction of sp³-hybridized carbons (Fsp3) is 0.520. The maximum atomic E-state index is 6.37. The first-order valence-corrected chi connectivity index (χ1v) is 17.4. The SMILES string of the molecule is CC.CCCC(CC(C)CC)c1ccc(Nc2cc(Cl)nc3c2nc(C)n3PI)c(SC)c1. The van der Waals surface area contributed by atoms with Gasteiger partial charge in [0.15, 0.2) is 5.65 Å². The molecule has 0 fully saturated rings. The molecule has 3 atom stereocenters. The summed E-state index contributed by atoms with van der Waals surface area (Å²) in [4.78, 5) is 10.5. The fourth-order valence-corrected chi connectivity index (χ4v) is 6.88. The molecule has 3 unspecified atom stereocenters. The Morgan fingerprint density at radius 2 is 1.91 bits per heavy atom. The molecule has 3 aromatic rings. The number of aromatic nitrogens is 3. The summed E-state index contributed by atoms with van der Waals surface area (Å²) in [5, 5.41) is 4.08. The van der Waals surface area contributed by atoms with E-state index in [2.05, 4.69) is 81.9 Å². The molecule has 2 heterocycles. The maximum absolute atomic E-state index is 6.37. The molecule has 8 heteroatoms. The number of halogens is 2. The summed E-state index contributed by atoms with van der Waals surface area (Å²) in [6.45, 7) is 12.9. The van der Waals surface area contributed by atoms with Crippen molar-refractivity contribution in [2.45, 2.75) is 78.0 Å². The van der Waals surface area contributed by atoms with E-state index in [4.69, 9.17) is 16.6 Å². The third kappa shape index (κ3) is 7.22. The molecule has 0 saturated carbocycles. The summed E-state index contributed by atoms with van der Waals surface area (Å²) in [5.41, 5.74) is 5.13. The number of rotatable bonds is 10. The molecule has 0 spiro atoms. The van der Waals surface area contributed by atoms with Crippen LogP contribution in [0.1, 0.15) is 77.6 Å². The molecular weight excluding hydrogens is 582 g/mol. The third-order valence-electron chi connectivity index (χ3n) is 5.82. The zero-order valence-electron chi connectivity index (χ0n) is 20.8. The first-order valence-electron chi connectivity index (χ1n) is 11.8. The molecule has 0 amide bonds. The Labute approximate surface area is 223 Å². The lowest BCUT2D eigenvalue weighted by Gasteiger charge is -2.22. The van der Waals surface area contributed by atoms with E-state index in [-0.39, 0.29) is 0 Å². The minimum absolute atomic E-state index is 0.477. The molecule has 0 aliphatic rings. The number of hydrogen-bond acceptors (Lipinski definition) is 4. The van der Waals surface area contributed by atoms with Gasteiger partial charge in [-0.05, 0) is 77.6 Å². The monoisotopic (exact) mass is 618 g/mol.